The molecule has 0 aromatic heterocycles. The maximum absolute atomic E-state index is 12.7. The first-order valence-electron chi connectivity index (χ1n) is 10.5. The third-order valence-corrected chi connectivity index (χ3v) is 5.04. The fourth-order valence-electron chi connectivity index (χ4n) is 3.42. The number of carbonyl (C=O) groups excluding carboxylic acids is 2. The van der Waals surface area contributed by atoms with Crippen molar-refractivity contribution in [2.45, 2.75) is 25.3 Å². The van der Waals surface area contributed by atoms with Crippen molar-refractivity contribution in [2.24, 2.45) is 0 Å². The van der Waals surface area contributed by atoms with Gasteiger partial charge in [0.15, 0.2) is 0 Å². The number of nitrogens with zero attached hydrogens (tertiary/aromatic N) is 1. The molecular weight excluding hydrogens is 374 g/mol. The molecule has 2 N–H and O–H groups in total. The van der Waals surface area contributed by atoms with Crippen LogP contribution < -0.4 is 10.6 Å². The number of hydrogen-bond acceptors (Lipinski definition) is 3. The van der Waals surface area contributed by atoms with Crippen LogP contribution in [0.5, 0.6) is 0 Å². The highest BCUT2D eigenvalue weighted by Crippen LogP contribution is 2.16. The second-order valence-electron chi connectivity index (χ2n) is 7.30. The number of nitrogens with one attached hydrogen (secondary N) is 2. The SMILES string of the molecule is O=C1CC(c2ccccc2)NCCCN(C(=O)C=Cc2ccccc2)CCC=CN1. The molecule has 0 saturated heterocycles. The predicted molar refractivity (Wildman–Crippen MR) is 120 cm³/mol. The van der Waals surface area contributed by atoms with Crippen LogP contribution in [0.2, 0.25) is 0 Å². The molecule has 1 atom stereocenters. The Morgan fingerprint density at radius 1 is 1.00 bits per heavy atom. The lowest BCUT2D eigenvalue weighted by molar-refractivity contribution is -0.126. The van der Waals surface area contributed by atoms with Crippen LogP contribution in [0.25, 0.3) is 6.08 Å². The lowest BCUT2D eigenvalue weighted by Gasteiger charge is -2.22. The fourth-order valence-corrected chi connectivity index (χ4v) is 3.42. The molecule has 2 aromatic carbocycles. The van der Waals surface area contributed by atoms with Gasteiger partial charge in [-0.25, -0.2) is 0 Å². The van der Waals surface area contributed by atoms with Crippen LogP contribution in [0, 0.1) is 0 Å². The van der Waals surface area contributed by atoms with Crippen molar-refractivity contribution in [3.63, 3.8) is 0 Å². The quantitative estimate of drug-likeness (QED) is 0.769. The zero-order valence-corrected chi connectivity index (χ0v) is 17.2. The Morgan fingerprint density at radius 2 is 1.73 bits per heavy atom. The largest absolute Gasteiger partial charge is 0.339 e. The van der Waals surface area contributed by atoms with Crippen LogP contribution in [0.4, 0.5) is 0 Å². The molecule has 0 bridgehead atoms. The van der Waals surface area contributed by atoms with Gasteiger partial charge in [0.05, 0.1) is 0 Å². The van der Waals surface area contributed by atoms with Crippen LogP contribution in [-0.4, -0.2) is 36.3 Å². The molecular formula is C25H29N3O2. The van der Waals surface area contributed by atoms with Crippen LogP contribution >= 0.6 is 0 Å². The van der Waals surface area contributed by atoms with Gasteiger partial charge in [0, 0.05) is 31.6 Å². The van der Waals surface area contributed by atoms with Gasteiger partial charge in [-0.15, -0.1) is 0 Å². The highest BCUT2D eigenvalue weighted by molar-refractivity contribution is 5.91. The molecule has 2 amide bonds. The predicted octanol–water partition coefficient (Wildman–Crippen LogP) is 3.67. The zero-order chi connectivity index (χ0) is 21.0. The van der Waals surface area contributed by atoms with Gasteiger partial charge in [-0.1, -0.05) is 66.7 Å². The van der Waals surface area contributed by atoms with Gasteiger partial charge in [0.2, 0.25) is 11.8 Å². The summed E-state index contributed by atoms with van der Waals surface area (Å²) in [6.07, 6.45) is 8.96. The summed E-state index contributed by atoms with van der Waals surface area (Å²) in [6, 6.07) is 19.8. The summed E-state index contributed by atoms with van der Waals surface area (Å²) >= 11 is 0. The molecule has 1 heterocycles. The van der Waals surface area contributed by atoms with Crippen molar-refractivity contribution < 1.29 is 9.59 Å². The summed E-state index contributed by atoms with van der Waals surface area (Å²) in [5, 5.41) is 6.32. The minimum Gasteiger partial charge on any atom is -0.339 e. The molecule has 0 radical (unpaired) electrons. The second-order valence-corrected chi connectivity index (χ2v) is 7.30. The van der Waals surface area contributed by atoms with Gasteiger partial charge in [-0.2, -0.15) is 0 Å². The third kappa shape index (κ3) is 7.01. The van der Waals surface area contributed by atoms with E-state index in [1.807, 2.05) is 77.7 Å². The third-order valence-electron chi connectivity index (χ3n) is 5.04. The normalized spacial score (nSPS) is 18.9. The smallest absolute Gasteiger partial charge is 0.246 e. The first kappa shape index (κ1) is 21.5. The van der Waals surface area contributed by atoms with Gasteiger partial charge in [0.1, 0.15) is 0 Å². The second kappa shape index (κ2) is 11.7. The van der Waals surface area contributed by atoms with E-state index in [0.717, 1.165) is 24.1 Å². The van der Waals surface area contributed by atoms with Gasteiger partial charge in [-0.05, 0) is 42.8 Å². The number of rotatable bonds is 3. The van der Waals surface area contributed by atoms with E-state index in [1.54, 1.807) is 12.3 Å². The maximum Gasteiger partial charge on any atom is 0.246 e. The number of amides is 2. The lowest BCUT2D eigenvalue weighted by Crippen LogP contribution is -2.34. The van der Waals surface area contributed by atoms with Gasteiger partial charge >= 0.3 is 0 Å². The molecule has 0 fully saturated rings. The monoisotopic (exact) mass is 403 g/mol. The molecule has 156 valence electrons. The Labute approximate surface area is 178 Å². The minimum absolute atomic E-state index is 0.00534. The van der Waals surface area contributed by atoms with E-state index in [0.29, 0.717) is 25.9 Å². The molecule has 0 aliphatic carbocycles. The molecule has 2 aromatic rings. The van der Waals surface area contributed by atoms with Crippen molar-refractivity contribution in [3.8, 4) is 0 Å². The van der Waals surface area contributed by atoms with Crippen molar-refractivity contribution in [1.82, 2.24) is 15.5 Å². The summed E-state index contributed by atoms with van der Waals surface area (Å²) < 4.78 is 0. The van der Waals surface area contributed by atoms with Crippen LogP contribution in [0.1, 0.15) is 36.4 Å². The zero-order valence-electron chi connectivity index (χ0n) is 17.2. The van der Waals surface area contributed by atoms with Crippen molar-refractivity contribution in [2.75, 3.05) is 19.6 Å². The molecule has 0 spiro atoms. The van der Waals surface area contributed by atoms with Gasteiger partial charge in [-0.3, -0.25) is 9.59 Å². The van der Waals surface area contributed by atoms with E-state index >= 15 is 0 Å². The molecule has 1 unspecified atom stereocenters. The molecule has 30 heavy (non-hydrogen) atoms. The number of carbonyl (C=O) groups is 2. The highest BCUT2D eigenvalue weighted by Gasteiger charge is 2.16. The van der Waals surface area contributed by atoms with E-state index in [1.165, 1.54) is 0 Å². The van der Waals surface area contributed by atoms with Crippen LogP contribution in [-0.2, 0) is 9.59 Å². The molecule has 5 heteroatoms. The van der Waals surface area contributed by atoms with E-state index < -0.39 is 0 Å². The molecule has 1 aliphatic heterocycles. The molecule has 5 nitrogen and oxygen atoms in total. The Hall–Kier alpha value is -3.18. The average Bonchev–Trinajstić information content (AvgIpc) is 2.80. The maximum atomic E-state index is 12.7. The lowest BCUT2D eigenvalue weighted by atomic mass is 10.0. The van der Waals surface area contributed by atoms with Crippen molar-refractivity contribution in [1.29, 1.82) is 0 Å². The summed E-state index contributed by atoms with van der Waals surface area (Å²) in [5.74, 6) is -0.0173. The van der Waals surface area contributed by atoms with E-state index in [2.05, 4.69) is 10.6 Å². The van der Waals surface area contributed by atoms with Gasteiger partial charge < -0.3 is 15.5 Å². The first-order chi connectivity index (χ1) is 14.7. The first-order valence-corrected chi connectivity index (χ1v) is 10.5. The van der Waals surface area contributed by atoms with Gasteiger partial charge in [0.25, 0.3) is 0 Å². The Morgan fingerprint density at radius 3 is 2.50 bits per heavy atom. The summed E-state index contributed by atoms with van der Waals surface area (Å²) in [5.41, 5.74) is 2.09. The van der Waals surface area contributed by atoms with E-state index in [4.69, 9.17) is 0 Å². The standard InChI is InChI=1S/C25H29N3O2/c29-24-20-23(22-12-5-2-6-13-22)26-17-9-19-28(18-8-7-16-27-24)25(30)15-14-21-10-3-1-4-11-21/h1-7,10-16,23,26H,8-9,17-20H2,(H,27,29). The van der Waals surface area contributed by atoms with Crippen molar-refractivity contribution >= 4 is 17.9 Å². The Kier molecular flexibility index (Phi) is 8.42. The number of hydrogen-bond donors (Lipinski definition) is 2. The van der Waals surface area contributed by atoms with E-state index in [-0.39, 0.29) is 17.9 Å². The number of benzene rings is 2. The Balaban J connectivity index is 1.64. The van der Waals surface area contributed by atoms with Crippen molar-refractivity contribution in [3.05, 3.63) is 90.1 Å². The summed E-state index contributed by atoms with van der Waals surface area (Å²) in [7, 11) is 0. The van der Waals surface area contributed by atoms with Crippen LogP contribution in [0.15, 0.2) is 79.0 Å². The van der Waals surface area contributed by atoms with Crippen LogP contribution in [0.3, 0.4) is 0 Å². The minimum atomic E-state index is -0.0533. The highest BCUT2D eigenvalue weighted by atomic mass is 16.2. The topological polar surface area (TPSA) is 61.4 Å². The summed E-state index contributed by atoms with van der Waals surface area (Å²) in [6.45, 7) is 2.01. The molecule has 3 rings (SSSR count). The molecule has 1 aliphatic rings. The van der Waals surface area contributed by atoms with E-state index in [9.17, 15) is 9.59 Å². The fraction of sp³-hybridized carbons (Fsp3) is 0.280. The average molecular weight is 404 g/mol. The summed E-state index contributed by atoms with van der Waals surface area (Å²) in [4.78, 5) is 26.9. The molecule has 0 saturated carbocycles. The Bertz CT molecular complexity index is 862.